The van der Waals surface area contributed by atoms with Crippen LogP contribution in [0.1, 0.15) is 19.3 Å². The maximum atomic E-state index is 12.0. The van der Waals surface area contributed by atoms with Crippen molar-refractivity contribution in [2.45, 2.75) is 19.3 Å². The monoisotopic (exact) mass is 380 g/mol. The second kappa shape index (κ2) is 10.0. The summed E-state index contributed by atoms with van der Waals surface area (Å²) in [5, 5.41) is 20.8. The summed E-state index contributed by atoms with van der Waals surface area (Å²) in [7, 11) is 2.04. The topological polar surface area (TPSA) is 81.2 Å². The van der Waals surface area contributed by atoms with Crippen molar-refractivity contribution in [1.29, 1.82) is 0 Å². The number of aliphatic hydroxyl groups is 1. The van der Waals surface area contributed by atoms with Crippen LogP contribution < -0.4 is 10.9 Å². The largest absolute Gasteiger partial charge is 0.395 e. The number of unbranched alkanes of at least 4 members (excludes halogenated alkanes) is 2. The van der Waals surface area contributed by atoms with Crippen molar-refractivity contribution in [3.63, 3.8) is 0 Å². The quantitative estimate of drug-likeness (QED) is 0.471. The van der Waals surface area contributed by atoms with Gasteiger partial charge in [0.2, 0.25) is 0 Å². The average Bonchev–Trinajstić information content (AvgIpc) is 2.71. The van der Waals surface area contributed by atoms with E-state index in [-0.39, 0.29) is 12.2 Å². The van der Waals surface area contributed by atoms with Crippen molar-refractivity contribution in [3.8, 4) is 11.3 Å². The van der Waals surface area contributed by atoms with E-state index in [0.29, 0.717) is 5.39 Å². The number of aromatic amines is 1. The average molecular weight is 380 g/mol. The van der Waals surface area contributed by atoms with Crippen molar-refractivity contribution >= 4 is 16.5 Å². The predicted octanol–water partition coefficient (Wildman–Crippen LogP) is 3.10. The lowest BCUT2D eigenvalue weighted by Crippen LogP contribution is -2.23. The van der Waals surface area contributed by atoms with E-state index in [2.05, 4.69) is 26.5 Å². The highest BCUT2D eigenvalue weighted by Crippen LogP contribution is 2.26. The van der Waals surface area contributed by atoms with Crippen LogP contribution in [-0.2, 0) is 0 Å². The number of nitrogens with zero attached hydrogens (tertiary/aromatic N) is 2. The highest BCUT2D eigenvalue weighted by atomic mass is 16.3. The van der Waals surface area contributed by atoms with E-state index in [9.17, 15) is 4.79 Å². The van der Waals surface area contributed by atoms with E-state index < -0.39 is 0 Å². The van der Waals surface area contributed by atoms with Gasteiger partial charge >= 0.3 is 0 Å². The lowest BCUT2D eigenvalue weighted by Gasteiger charge is -2.14. The molecule has 6 heteroatoms. The van der Waals surface area contributed by atoms with Gasteiger partial charge in [0, 0.05) is 29.7 Å². The van der Waals surface area contributed by atoms with Gasteiger partial charge in [-0.15, -0.1) is 0 Å². The lowest BCUT2D eigenvalue weighted by molar-refractivity contribution is 0.219. The summed E-state index contributed by atoms with van der Waals surface area (Å²) in [5.74, 6) is 0. The molecule has 0 bridgehead atoms. The standard InChI is InChI=1S/C22H28N4O2/c1-26(14-15-27)13-6-2-5-12-23-18-9-7-8-17(16-18)21-19-10-3-4-11-20(19)22(28)25-24-21/h3-4,7-11,16,23,27H,2,5-6,12-15H2,1H3,(H,25,28). The van der Waals surface area contributed by atoms with Gasteiger partial charge in [-0.2, -0.15) is 5.10 Å². The van der Waals surface area contributed by atoms with Gasteiger partial charge in [0.05, 0.1) is 17.7 Å². The molecule has 2 aromatic carbocycles. The van der Waals surface area contributed by atoms with Gasteiger partial charge in [-0.05, 0) is 44.6 Å². The molecule has 1 aromatic heterocycles. The minimum atomic E-state index is -0.168. The van der Waals surface area contributed by atoms with Crippen LogP contribution in [0.4, 0.5) is 5.69 Å². The minimum absolute atomic E-state index is 0.168. The van der Waals surface area contributed by atoms with E-state index in [0.717, 1.165) is 61.2 Å². The van der Waals surface area contributed by atoms with Crippen LogP contribution in [0.25, 0.3) is 22.0 Å². The lowest BCUT2D eigenvalue weighted by atomic mass is 10.0. The predicted molar refractivity (Wildman–Crippen MR) is 115 cm³/mol. The normalized spacial score (nSPS) is 11.2. The number of H-pyrrole nitrogens is 1. The number of anilines is 1. The zero-order chi connectivity index (χ0) is 19.8. The number of aromatic nitrogens is 2. The summed E-state index contributed by atoms with van der Waals surface area (Å²) in [6.07, 6.45) is 3.37. The molecule has 3 rings (SSSR count). The fourth-order valence-electron chi connectivity index (χ4n) is 3.31. The SMILES string of the molecule is CN(CCO)CCCCCNc1cccc(-c2n[nH]c(=O)c3ccccc23)c1. The second-order valence-corrected chi connectivity index (χ2v) is 7.04. The molecule has 0 aliphatic carbocycles. The molecule has 0 saturated heterocycles. The molecule has 0 radical (unpaired) electrons. The molecule has 1 heterocycles. The number of fused-ring (bicyclic) bond motifs is 1. The van der Waals surface area contributed by atoms with Gasteiger partial charge < -0.3 is 15.3 Å². The number of rotatable bonds is 10. The molecule has 148 valence electrons. The highest BCUT2D eigenvalue weighted by molar-refractivity contribution is 5.94. The fourth-order valence-corrected chi connectivity index (χ4v) is 3.31. The molecular weight excluding hydrogens is 352 g/mol. The Bertz CT molecular complexity index is 954. The van der Waals surface area contributed by atoms with E-state index >= 15 is 0 Å². The molecule has 0 aliphatic rings. The minimum Gasteiger partial charge on any atom is -0.395 e. The molecular formula is C22H28N4O2. The Kier molecular flexibility index (Phi) is 7.17. The third kappa shape index (κ3) is 5.18. The third-order valence-electron chi connectivity index (χ3n) is 4.86. The number of hydrogen-bond donors (Lipinski definition) is 3. The molecule has 0 fully saturated rings. The first-order valence-corrected chi connectivity index (χ1v) is 9.80. The van der Waals surface area contributed by atoms with Gasteiger partial charge in [-0.3, -0.25) is 4.79 Å². The fraction of sp³-hybridized carbons (Fsp3) is 0.364. The van der Waals surface area contributed by atoms with Crippen molar-refractivity contribution < 1.29 is 5.11 Å². The van der Waals surface area contributed by atoms with Crippen LogP contribution in [0.2, 0.25) is 0 Å². The maximum Gasteiger partial charge on any atom is 0.272 e. The van der Waals surface area contributed by atoms with Gasteiger partial charge in [-0.25, -0.2) is 5.10 Å². The zero-order valence-corrected chi connectivity index (χ0v) is 16.3. The highest BCUT2D eigenvalue weighted by Gasteiger charge is 2.08. The molecule has 3 N–H and O–H groups in total. The number of benzene rings is 2. The molecule has 0 aliphatic heterocycles. The second-order valence-electron chi connectivity index (χ2n) is 7.04. The molecule has 28 heavy (non-hydrogen) atoms. The van der Waals surface area contributed by atoms with Crippen LogP contribution in [0.15, 0.2) is 53.3 Å². The smallest absolute Gasteiger partial charge is 0.272 e. The summed E-state index contributed by atoms with van der Waals surface area (Å²) < 4.78 is 0. The van der Waals surface area contributed by atoms with Crippen LogP contribution >= 0.6 is 0 Å². The number of likely N-dealkylation sites (N-methyl/N-ethyl adjacent to an activating group) is 1. The van der Waals surface area contributed by atoms with Crippen molar-refractivity contribution in [2.24, 2.45) is 0 Å². The van der Waals surface area contributed by atoms with Crippen LogP contribution in [-0.4, -0.2) is 53.5 Å². The Balaban J connectivity index is 1.60. The molecule has 0 spiro atoms. The summed E-state index contributed by atoms with van der Waals surface area (Å²) in [4.78, 5) is 14.1. The Labute approximate surface area is 165 Å². The van der Waals surface area contributed by atoms with Crippen LogP contribution in [0, 0.1) is 0 Å². The summed E-state index contributed by atoms with van der Waals surface area (Å²) in [5.41, 5.74) is 2.64. The van der Waals surface area contributed by atoms with Crippen LogP contribution in [0.5, 0.6) is 0 Å². The number of nitrogens with one attached hydrogen (secondary N) is 2. The van der Waals surface area contributed by atoms with Gasteiger partial charge in [0.15, 0.2) is 0 Å². The molecule has 6 nitrogen and oxygen atoms in total. The maximum absolute atomic E-state index is 12.0. The van der Waals surface area contributed by atoms with E-state index in [1.165, 1.54) is 0 Å². The van der Waals surface area contributed by atoms with Crippen molar-refractivity contribution in [3.05, 3.63) is 58.9 Å². The molecule has 0 saturated carbocycles. The van der Waals surface area contributed by atoms with E-state index in [1.54, 1.807) is 0 Å². The molecule has 3 aromatic rings. The summed E-state index contributed by atoms with van der Waals surface area (Å²) in [6.45, 7) is 2.88. The number of hydrogen-bond acceptors (Lipinski definition) is 5. The van der Waals surface area contributed by atoms with Gasteiger partial charge in [-0.1, -0.05) is 36.8 Å². The first-order chi connectivity index (χ1) is 13.7. The summed E-state index contributed by atoms with van der Waals surface area (Å²) in [6, 6.07) is 15.7. The Hall–Kier alpha value is -2.70. The van der Waals surface area contributed by atoms with E-state index in [4.69, 9.17) is 5.11 Å². The van der Waals surface area contributed by atoms with Crippen molar-refractivity contribution in [2.75, 3.05) is 38.6 Å². The molecule has 0 amide bonds. The first-order valence-electron chi connectivity index (χ1n) is 9.80. The zero-order valence-electron chi connectivity index (χ0n) is 16.3. The van der Waals surface area contributed by atoms with Gasteiger partial charge in [0.1, 0.15) is 0 Å². The first kappa shape index (κ1) is 20.0. The summed E-state index contributed by atoms with van der Waals surface area (Å²) >= 11 is 0. The van der Waals surface area contributed by atoms with Crippen molar-refractivity contribution in [1.82, 2.24) is 15.1 Å². The molecule has 0 unspecified atom stereocenters. The Morgan fingerprint density at radius 2 is 1.86 bits per heavy atom. The number of aliphatic hydroxyl groups excluding tert-OH is 1. The van der Waals surface area contributed by atoms with Crippen LogP contribution in [0.3, 0.4) is 0 Å². The Morgan fingerprint density at radius 3 is 2.68 bits per heavy atom. The van der Waals surface area contributed by atoms with E-state index in [1.807, 2.05) is 49.5 Å². The van der Waals surface area contributed by atoms with Gasteiger partial charge in [0.25, 0.3) is 5.56 Å². The molecule has 0 atom stereocenters. The Morgan fingerprint density at radius 1 is 1.04 bits per heavy atom. The third-order valence-corrected chi connectivity index (χ3v) is 4.86.